The molecule has 172 valence electrons. The molecule has 2 heterocycles. The second kappa shape index (κ2) is 10.3. The molecular formula is C28H34N4O. The van der Waals surface area contributed by atoms with Gasteiger partial charge in [-0.1, -0.05) is 56.3 Å². The van der Waals surface area contributed by atoms with Crippen LogP contribution in [-0.4, -0.2) is 40.6 Å². The summed E-state index contributed by atoms with van der Waals surface area (Å²) < 4.78 is 0. The van der Waals surface area contributed by atoms with Crippen LogP contribution in [0.1, 0.15) is 68.8 Å². The van der Waals surface area contributed by atoms with Crippen LogP contribution in [0.3, 0.4) is 0 Å². The van der Waals surface area contributed by atoms with Crippen molar-refractivity contribution >= 4 is 22.5 Å². The van der Waals surface area contributed by atoms with Crippen LogP contribution in [0.5, 0.6) is 0 Å². The summed E-state index contributed by atoms with van der Waals surface area (Å²) in [7, 11) is 0. The van der Waals surface area contributed by atoms with Crippen molar-refractivity contribution in [3.8, 4) is 11.3 Å². The van der Waals surface area contributed by atoms with Gasteiger partial charge < -0.3 is 4.90 Å². The van der Waals surface area contributed by atoms with Gasteiger partial charge in [-0.15, -0.1) is 0 Å². The van der Waals surface area contributed by atoms with Crippen LogP contribution in [-0.2, 0) is 0 Å². The number of fused-ring (bicyclic) bond motifs is 1. The molecule has 1 amide bonds. The fraction of sp³-hybridized carbons (Fsp3) is 0.393. The van der Waals surface area contributed by atoms with E-state index in [4.69, 9.17) is 4.98 Å². The molecule has 5 heteroatoms. The summed E-state index contributed by atoms with van der Waals surface area (Å²) in [6.45, 7) is 10.8. The highest BCUT2D eigenvalue weighted by Crippen LogP contribution is 2.27. The summed E-state index contributed by atoms with van der Waals surface area (Å²) in [6, 6.07) is 18.7. The van der Waals surface area contributed by atoms with E-state index in [1.54, 1.807) is 0 Å². The van der Waals surface area contributed by atoms with E-state index in [1.165, 1.54) is 5.56 Å². The molecule has 0 radical (unpaired) electrons. The van der Waals surface area contributed by atoms with E-state index in [-0.39, 0.29) is 5.91 Å². The number of aromatic nitrogens is 1. The van der Waals surface area contributed by atoms with Crippen LogP contribution in [0.2, 0.25) is 0 Å². The van der Waals surface area contributed by atoms with Gasteiger partial charge >= 0.3 is 0 Å². The summed E-state index contributed by atoms with van der Waals surface area (Å²) in [6.07, 6.45) is 2.89. The van der Waals surface area contributed by atoms with Crippen molar-refractivity contribution in [3.05, 3.63) is 65.7 Å². The quantitative estimate of drug-likeness (QED) is 0.476. The fourth-order valence-corrected chi connectivity index (χ4v) is 4.33. The zero-order chi connectivity index (χ0) is 23.4. The molecule has 1 N–H and O–H groups in total. The molecule has 1 atom stereocenters. The Morgan fingerprint density at radius 2 is 1.76 bits per heavy atom. The molecule has 1 aliphatic rings. The van der Waals surface area contributed by atoms with E-state index in [9.17, 15) is 4.79 Å². The minimum Gasteiger partial charge on any atom is -0.300 e. The molecule has 0 bridgehead atoms. The molecule has 2 aromatic carbocycles. The lowest BCUT2D eigenvalue weighted by molar-refractivity contribution is 0.0956. The van der Waals surface area contributed by atoms with Crippen molar-refractivity contribution < 1.29 is 4.79 Å². The molecule has 0 spiro atoms. The van der Waals surface area contributed by atoms with Crippen molar-refractivity contribution in [1.29, 1.82) is 0 Å². The Kier molecular flexibility index (Phi) is 7.19. The summed E-state index contributed by atoms with van der Waals surface area (Å²) in [5, 5.41) is 5.31. The van der Waals surface area contributed by atoms with Gasteiger partial charge in [0.05, 0.1) is 16.8 Å². The van der Waals surface area contributed by atoms with Gasteiger partial charge in [-0.2, -0.15) is 5.10 Å². The average Bonchev–Trinajstić information content (AvgIpc) is 2.86. The molecule has 1 unspecified atom stereocenters. The zero-order valence-corrected chi connectivity index (χ0v) is 20.1. The Morgan fingerprint density at radius 3 is 2.42 bits per heavy atom. The predicted molar refractivity (Wildman–Crippen MR) is 137 cm³/mol. The molecule has 3 aromatic rings. The monoisotopic (exact) mass is 442 g/mol. The molecule has 4 rings (SSSR count). The van der Waals surface area contributed by atoms with Crippen LogP contribution >= 0.6 is 0 Å². The van der Waals surface area contributed by atoms with E-state index in [0.29, 0.717) is 17.5 Å². The molecule has 0 aliphatic carbocycles. The number of amides is 1. The van der Waals surface area contributed by atoms with Crippen molar-refractivity contribution in [2.45, 2.75) is 58.9 Å². The number of carbonyl (C=O) groups excluding carboxylic acids is 1. The molecule has 1 fully saturated rings. The second-order valence-corrected chi connectivity index (χ2v) is 9.25. The maximum atomic E-state index is 13.2. The molecule has 5 nitrogen and oxygen atoms in total. The summed E-state index contributed by atoms with van der Waals surface area (Å²) >= 11 is 0. The highest BCUT2D eigenvalue weighted by molar-refractivity contribution is 6.07. The lowest BCUT2D eigenvalue weighted by atomic mass is 9.96. The minimum absolute atomic E-state index is 0.190. The number of para-hydroxylation sites is 1. The van der Waals surface area contributed by atoms with Crippen LogP contribution in [0.4, 0.5) is 0 Å². The fourth-order valence-electron chi connectivity index (χ4n) is 4.33. The van der Waals surface area contributed by atoms with Crippen LogP contribution in [0.15, 0.2) is 59.7 Å². The van der Waals surface area contributed by atoms with E-state index in [2.05, 4.69) is 67.4 Å². The highest BCUT2D eigenvalue weighted by Gasteiger charge is 2.18. The number of hydrogen-bond donors (Lipinski definition) is 1. The van der Waals surface area contributed by atoms with E-state index in [1.807, 2.05) is 30.3 Å². The second-order valence-electron chi connectivity index (χ2n) is 9.25. The summed E-state index contributed by atoms with van der Waals surface area (Å²) in [5.74, 6) is 0.335. The van der Waals surface area contributed by atoms with Gasteiger partial charge in [-0.3, -0.25) is 4.79 Å². The topological polar surface area (TPSA) is 57.6 Å². The van der Waals surface area contributed by atoms with E-state index >= 15 is 0 Å². The molecule has 1 saturated heterocycles. The number of nitrogens with one attached hydrogen (secondary N) is 1. The first-order chi connectivity index (χ1) is 16.0. The Bertz CT molecular complexity index is 1140. The van der Waals surface area contributed by atoms with E-state index in [0.717, 1.165) is 60.2 Å². The van der Waals surface area contributed by atoms with Crippen molar-refractivity contribution in [3.63, 3.8) is 0 Å². The van der Waals surface area contributed by atoms with Gasteiger partial charge in [0.15, 0.2) is 0 Å². The first kappa shape index (κ1) is 23.1. The van der Waals surface area contributed by atoms with Gasteiger partial charge in [-0.25, -0.2) is 10.4 Å². The van der Waals surface area contributed by atoms with Gasteiger partial charge in [0.1, 0.15) is 0 Å². The number of carbonyl (C=O) groups is 1. The zero-order valence-electron chi connectivity index (χ0n) is 20.1. The Labute approximate surface area is 196 Å². The molecule has 0 saturated carbocycles. The highest BCUT2D eigenvalue weighted by atomic mass is 16.2. The SMILES string of the molecule is CCC(C)c1ccc(-c2cc(C(=O)NN=C3CCN(C(C)C)CC3)c3ccccc3n2)cc1. The minimum atomic E-state index is -0.190. The van der Waals surface area contributed by atoms with Crippen LogP contribution in [0, 0.1) is 0 Å². The third-order valence-electron chi connectivity index (χ3n) is 6.77. The van der Waals surface area contributed by atoms with Gasteiger partial charge in [0, 0.05) is 48.6 Å². The number of pyridine rings is 1. The van der Waals surface area contributed by atoms with Crippen molar-refractivity contribution in [2.75, 3.05) is 13.1 Å². The molecular weight excluding hydrogens is 408 g/mol. The van der Waals surface area contributed by atoms with Gasteiger partial charge in [0.25, 0.3) is 5.91 Å². The maximum Gasteiger partial charge on any atom is 0.272 e. The molecule has 1 aliphatic heterocycles. The summed E-state index contributed by atoms with van der Waals surface area (Å²) in [5.41, 5.74) is 8.41. The van der Waals surface area contributed by atoms with Crippen molar-refractivity contribution in [1.82, 2.24) is 15.3 Å². The normalized spacial score (nSPS) is 15.6. The molecule has 33 heavy (non-hydrogen) atoms. The van der Waals surface area contributed by atoms with E-state index < -0.39 is 0 Å². The maximum absolute atomic E-state index is 13.2. The number of rotatable bonds is 6. The summed E-state index contributed by atoms with van der Waals surface area (Å²) in [4.78, 5) is 20.5. The third-order valence-corrected chi connectivity index (χ3v) is 6.77. The standard InChI is InChI=1S/C28H34N4O/c1-5-20(4)21-10-12-22(13-11-21)27-18-25(24-8-6-7-9-26(24)29-27)28(33)31-30-23-14-16-32(17-15-23)19(2)3/h6-13,18-20H,5,14-17H2,1-4H3,(H,31,33). The van der Waals surface area contributed by atoms with Crippen molar-refractivity contribution in [2.24, 2.45) is 5.10 Å². The third kappa shape index (κ3) is 5.31. The Morgan fingerprint density at radius 1 is 1.06 bits per heavy atom. The number of piperidine rings is 1. The first-order valence-electron chi connectivity index (χ1n) is 12.1. The average molecular weight is 443 g/mol. The number of nitrogens with zero attached hydrogens (tertiary/aromatic N) is 3. The largest absolute Gasteiger partial charge is 0.300 e. The predicted octanol–water partition coefficient (Wildman–Crippen LogP) is 6.01. The smallest absolute Gasteiger partial charge is 0.272 e. The molecule has 1 aromatic heterocycles. The Hall–Kier alpha value is -3.05. The lowest BCUT2D eigenvalue weighted by Crippen LogP contribution is -2.39. The lowest BCUT2D eigenvalue weighted by Gasteiger charge is -2.30. The van der Waals surface area contributed by atoms with Crippen LogP contribution < -0.4 is 5.43 Å². The number of hydrogen-bond acceptors (Lipinski definition) is 4. The number of likely N-dealkylation sites (tertiary alicyclic amines) is 1. The van der Waals surface area contributed by atoms with Gasteiger partial charge in [-0.05, 0) is 43.9 Å². The van der Waals surface area contributed by atoms with Crippen LogP contribution in [0.25, 0.3) is 22.2 Å². The Balaban J connectivity index is 1.59. The van der Waals surface area contributed by atoms with Gasteiger partial charge in [0.2, 0.25) is 0 Å². The number of hydrazone groups is 1. The number of benzene rings is 2. The first-order valence-corrected chi connectivity index (χ1v) is 12.1.